The highest BCUT2D eigenvalue weighted by atomic mass is 16.7. The third-order valence-corrected chi connectivity index (χ3v) is 19.0. The van der Waals surface area contributed by atoms with Gasteiger partial charge in [-0.3, -0.25) is 48.1 Å². The normalized spacial score (nSPS) is 23.3. The van der Waals surface area contributed by atoms with E-state index in [2.05, 4.69) is 17.4 Å². The molecule has 4 heterocycles. The second-order valence-corrected chi connectivity index (χ2v) is 25.8. The Morgan fingerprint density at radius 1 is 0.793 bits per heavy atom. The van der Waals surface area contributed by atoms with E-state index in [9.17, 15) is 48.3 Å². The quantitative estimate of drug-likeness (QED) is 0.0727. The van der Waals surface area contributed by atoms with Gasteiger partial charge >= 0.3 is 11.9 Å². The second kappa shape index (κ2) is 33.3. The van der Waals surface area contributed by atoms with E-state index in [0.29, 0.717) is 95.8 Å². The molecular formula is C65H103N7O15. The van der Waals surface area contributed by atoms with E-state index in [1.54, 1.807) is 36.1 Å². The summed E-state index contributed by atoms with van der Waals surface area (Å²) < 4.78 is 18.1. The van der Waals surface area contributed by atoms with Crippen LogP contribution in [0.15, 0.2) is 30.3 Å². The zero-order valence-corrected chi connectivity index (χ0v) is 53.9. The fourth-order valence-corrected chi connectivity index (χ4v) is 13.7. The Hall–Kier alpha value is -5.55. The minimum absolute atomic E-state index is 0.00627. The van der Waals surface area contributed by atoms with Crippen molar-refractivity contribution >= 4 is 53.2 Å². The number of aliphatic hydroxyl groups is 1. The number of esters is 1. The number of carbonyl (C=O) groups excluding carboxylic acids is 9. The maximum Gasteiger partial charge on any atom is 0.332 e. The van der Waals surface area contributed by atoms with Gasteiger partial charge in [-0.05, 0) is 101 Å². The molecule has 5 aliphatic rings. The van der Waals surface area contributed by atoms with Gasteiger partial charge < -0.3 is 44.2 Å². The van der Waals surface area contributed by atoms with Crippen molar-refractivity contribution in [2.24, 2.45) is 29.1 Å². The molecule has 0 radical (unpaired) electrons. The first kappa shape index (κ1) is 70.5. The van der Waals surface area contributed by atoms with Crippen LogP contribution in [0.5, 0.6) is 0 Å². The van der Waals surface area contributed by atoms with E-state index in [-0.39, 0.29) is 128 Å². The van der Waals surface area contributed by atoms with Crippen molar-refractivity contribution in [3.8, 4) is 0 Å². The monoisotopic (exact) mass is 1220 g/mol. The number of hydrogen-bond acceptors (Lipinski definition) is 16. The number of hydroxylamine groups is 4. The molecule has 1 saturated carbocycles. The molecule has 1 aliphatic carbocycles. The van der Waals surface area contributed by atoms with Crippen LogP contribution in [0.1, 0.15) is 182 Å². The van der Waals surface area contributed by atoms with Crippen molar-refractivity contribution < 1.29 is 72.1 Å². The highest BCUT2D eigenvalue weighted by molar-refractivity contribution is 5.91. The van der Waals surface area contributed by atoms with Crippen molar-refractivity contribution in [2.75, 3.05) is 67.6 Å². The Morgan fingerprint density at radius 2 is 1.49 bits per heavy atom. The zero-order valence-electron chi connectivity index (χ0n) is 53.9. The number of methoxy groups -OCH3 is 2. The first-order chi connectivity index (χ1) is 41.5. The van der Waals surface area contributed by atoms with Gasteiger partial charge in [-0.25, -0.2) is 9.86 Å². The maximum absolute atomic E-state index is 14.8. The molecule has 11 unspecified atom stereocenters. The Bertz CT molecular complexity index is 2470. The SMILES string of the molecule is CCC(C)C(C(CC(=O)N1CCCC1C(OC)C(C)C(=O)CCCC1(C(=O)N2CCCCO2)CC1c1ccccc1)OC)N(C)C(=O)C(NC(=O)C(C(C)C)N(C)CCCC(=O)OC1CCN(C(=O)CCCC(=O)ON2C(=O)CCC2O)CC1)C(C)C. The van der Waals surface area contributed by atoms with Crippen LogP contribution >= 0.6 is 0 Å². The molecule has 0 bridgehead atoms. The molecule has 22 nitrogen and oxygen atoms in total. The predicted octanol–water partition coefficient (Wildman–Crippen LogP) is 6.35. The van der Waals surface area contributed by atoms with E-state index < -0.39 is 59.8 Å². The number of nitrogens with one attached hydrogen (secondary N) is 1. The molecule has 2 N–H and O–H groups in total. The number of amides is 6. The third kappa shape index (κ3) is 18.5. The van der Waals surface area contributed by atoms with Crippen molar-refractivity contribution in [1.29, 1.82) is 0 Å². The highest BCUT2D eigenvalue weighted by Gasteiger charge is 2.61. The lowest BCUT2D eigenvalue weighted by Gasteiger charge is -2.41. The van der Waals surface area contributed by atoms with Gasteiger partial charge in [0.25, 0.3) is 11.8 Å². The van der Waals surface area contributed by atoms with Crippen molar-refractivity contribution in [2.45, 2.75) is 225 Å². The van der Waals surface area contributed by atoms with Crippen LogP contribution < -0.4 is 5.32 Å². The lowest BCUT2D eigenvalue weighted by molar-refractivity contribution is -0.220. The first-order valence-corrected chi connectivity index (χ1v) is 32.3. The molecule has 1 aromatic carbocycles. The summed E-state index contributed by atoms with van der Waals surface area (Å²) in [5.74, 6) is -3.45. The molecule has 0 aromatic heterocycles. The topological polar surface area (TPSA) is 251 Å². The van der Waals surface area contributed by atoms with Crippen molar-refractivity contribution in [3.63, 3.8) is 0 Å². The van der Waals surface area contributed by atoms with E-state index in [1.807, 2.05) is 83.5 Å². The molecule has 5 fully saturated rings. The number of likely N-dealkylation sites (tertiary alicyclic amines) is 2. The molecule has 1 aromatic rings. The molecule has 4 saturated heterocycles. The summed E-state index contributed by atoms with van der Waals surface area (Å²) in [5.41, 5.74) is 0.508. The summed E-state index contributed by atoms with van der Waals surface area (Å²) in [4.78, 5) is 140. The smallest absolute Gasteiger partial charge is 0.332 e. The molecule has 0 spiro atoms. The fourth-order valence-electron chi connectivity index (χ4n) is 13.7. The zero-order chi connectivity index (χ0) is 63.7. The number of aliphatic hydroxyl groups excluding tert-OH is 1. The number of rotatable bonds is 33. The van der Waals surface area contributed by atoms with Gasteiger partial charge in [0, 0.05) is 105 Å². The molecule has 22 heteroatoms. The van der Waals surface area contributed by atoms with Gasteiger partial charge in [0.2, 0.25) is 23.6 Å². The number of ether oxygens (including phenoxy) is 3. The third-order valence-electron chi connectivity index (χ3n) is 19.0. The standard InChI is InChI=1S/C65H103N7O15/c1-12-44(6)60(51(83-10)40-55(77)70-35-20-24-49(70)61(84-11)45(7)50(73)25-19-33-65(64(82)71-36-16-17-39-85-71)41-48(65)46-22-14-13-15-23-46)68(9)63(81)58(42(2)3)66-62(80)59(43(4)5)67(8)34-21-28-56(78)86-47-31-37-69(38-32-47)52(74)26-18-27-57(79)87-72-53(75)29-30-54(72)76/h13-15,22-23,42-45,47-49,51,53,58-61,75H,12,16-21,24-41H2,1-11H3,(H,66,80). The number of benzene rings is 1. The molecule has 4 aliphatic heterocycles. The molecule has 87 heavy (non-hydrogen) atoms. The largest absolute Gasteiger partial charge is 0.462 e. The summed E-state index contributed by atoms with van der Waals surface area (Å²) in [7, 11) is 6.67. The summed E-state index contributed by atoms with van der Waals surface area (Å²) >= 11 is 0. The van der Waals surface area contributed by atoms with Crippen LogP contribution in [-0.4, -0.2) is 204 Å². The van der Waals surface area contributed by atoms with Gasteiger partial charge in [0.1, 0.15) is 17.9 Å². The van der Waals surface area contributed by atoms with E-state index in [0.717, 1.165) is 24.8 Å². The maximum atomic E-state index is 14.8. The predicted molar refractivity (Wildman–Crippen MR) is 323 cm³/mol. The molecule has 11 atom stereocenters. The van der Waals surface area contributed by atoms with Crippen LogP contribution in [0.2, 0.25) is 0 Å². The lowest BCUT2D eigenvalue weighted by Crippen LogP contribution is -2.60. The molecular weight excluding hydrogens is 1120 g/mol. The van der Waals surface area contributed by atoms with E-state index in [1.165, 1.54) is 0 Å². The van der Waals surface area contributed by atoms with Gasteiger partial charge in [0.15, 0.2) is 6.23 Å². The Balaban J connectivity index is 0.974. The first-order valence-electron chi connectivity index (χ1n) is 32.3. The summed E-state index contributed by atoms with van der Waals surface area (Å²) in [6.45, 7) is 16.3. The van der Waals surface area contributed by atoms with Gasteiger partial charge in [-0.1, -0.05) is 85.2 Å². The number of Topliss-reactive ketones (excluding diaryl/α,β-unsaturated/α-hetero) is 1. The van der Waals surface area contributed by atoms with Crippen LogP contribution in [0.4, 0.5) is 0 Å². The number of hydrogen-bond donors (Lipinski definition) is 2. The average Bonchev–Trinajstić information content (AvgIpc) is 1.61. The minimum atomic E-state index is -1.16. The fraction of sp³-hybridized carbons (Fsp3) is 0.769. The van der Waals surface area contributed by atoms with Gasteiger partial charge in [-0.2, -0.15) is 0 Å². The minimum Gasteiger partial charge on any atom is -0.462 e. The average molecular weight is 1220 g/mol. The Labute approximate surface area is 516 Å². The van der Waals surface area contributed by atoms with Gasteiger partial charge in [0.05, 0.1) is 48.8 Å². The highest BCUT2D eigenvalue weighted by Crippen LogP contribution is 2.63. The molecule has 6 amide bonds. The summed E-state index contributed by atoms with van der Waals surface area (Å²) in [6.07, 6.45) is 5.19. The van der Waals surface area contributed by atoms with Crippen molar-refractivity contribution in [1.82, 2.24) is 35.0 Å². The number of piperidine rings is 1. The number of carbonyl (C=O) groups is 9. The second-order valence-electron chi connectivity index (χ2n) is 25.8. The summed E-state index contributed by atoms with van der Waals surface area (Å²) in [5, 5.41) is 15.1. The Morgan fingerprint density at radius 3 is 2.10 bits per heavy atom. The van der Waals surface area contributed by atoms with Crippen LogP contribution in [-0.2, 0) is 67.0 Å². The lowest BCUT2D eigenvalue weighted by atomic mass is 9.87. The molecule has 488 valence electrons. The number of nitrogens with zero attached hydrogens (tertiary/aromatic N) is 6. The summed E-state index contributed by atoms with van der Waals surface area (Å²) in [6, 6.07) is 7.65. The van der Waals surface area contributed by atoms with Gasteiger partial charge in [-0.15, -0.1) is 5.06 Å². The van der Waals surface area contributed by atoms with E-state index >= 15 is 0 Å². The van der Waals surface area contributed by atoms with E-state index in [4.69, 9.17) is 23.9 Å². The van der Waals surface area contributed by atoms with Crippen molar-refractivity contribution in [3.05, 3.63) is 35.9 Å². The Kier molecular flexibility index (Phi) is 27.0. The van der Waals surface area contributed by atoms with Crippen LogP contribution in [0.25, 0.3) is 0 Å². The van der Waals surface area contributed by atoms with Crippen LogP contribution in [0, 0.1) is 29.1 Å². The number of likely N-dealkylation sites (N-methyl/N-ethyl adjacent to an activating group) is 2. The molecule has 6 rings (SSSR count). The number of ketones is 1. The van der Waals surface area contributed by atoms with Crippen LogP contribution in [0.3, 0.4) is 0 Å².